The van der Waals surface area contributed by atoms with Gasteiger partial charge in [-0.1, -0.05) is 6.58 Å². The first-order valence-electron chi connectivity index (χ1n) is 5.06. The van der Waals surface area contributed by atoms with Crippen molar-refractivity contribution in [2.75, 3.05) is 0 Å². The summed E-state index contributed by atoms with van der Waals surface area (Å²) in [5.41, 5.74) is -0.538. The molecule has 0 saturated heterocycles. The van der Waals surface area contributed by atoms with Crippen LogP contribution in [0.1, 0.15) is 13.8 Å². The molecule has 2 nitrogen and oxygen atoms in total. The van der Waals surface area contributed by atoms with Gasteiger partial charge in [-0.15, -0.1) is 0 Å². The molecule has 1 unspecified atom stereocenters. The standard InChI is InChI=1S/C10H9F9O2/c1-4(2)6(20)21-5(3)7(11,12)8(13,14)9(15,16)10(17,18)19/h5H,1H2,2-3H3. The van der Waals surface area contributed by atoms with E-state index in [9.17, 15) is 44.3 Å². The molecule has 0 saturated carbocycles. The van der Waals surface area contributed by atoms with E-state index in [0.717, 1.165) is 6.92 Å². The van der Waals surface area contributed by atoms with E-state index in [0.29, 0.717) is 0 Å². The second-order valence-electron chi connectivity index (χ2n) is 4.10. The second-order valence-corrected chi connectivity index (χ2v) is 4.10. The van der Waals surface area contributed by atoms with Gasteiger partial charge in [-0.25, -0.2) is 4.79 Å². The Bertz CT molecular complexity index is 425. The highest BCUT2D eigenvalue weighted by Gasteiger charge is 2.83. The molecule has 0 aromatic rings. The average molecular weight is 332 g/mol. The van der Waals surface area contributed by atoms with E-state index in [1.165, 1.54) is 0 Å². The van der Waals surface area contributed by atoms with Crippen LogP contribution in [0.5, 0.6) is 0 Å². The van der Waals surface area contributed by atoms with Gasteiger partial charge >= 0.3 is 29.9 Å². The molecule has 0 aromatic heterocycles. The Balaban J connectivity index is 5.57. The van der Waals surface area contributed by atoms with Crippen molar-refractivity contribution in [1.29, 1.82) is 0 Å². The molecule has 0 radical (unpaired) electrons. The van der Waals surface area contributed by atoms with Gasteiger partial charge in [-0.05, 0) is 13.8 Å². The lowest BCUT2D eigenvalue weighted by Gasteiger charge is -2.36. The third-order valence-corrected chi connectivity index (χ3v) is 2.31. The fourth-order valence-corrected chi connectivity index (χ4v) is 0.978. The fourth-order valence-electron chi connectivity index (χ4n) is 0.978. The smallest absolute Gasteiger partial charge is 0.453 e. The van der Waals surface area contributed by atoms with Crippen LogP contribution in [-0.4, -0.2) is 36.0 Å². The highest BCUT2D eigenvalue weighted by Crippen LogP contribution is 2.54. The molecule has 124 valence electrons. The molecule has 21 heavy (non-hydrogen) atoms. The van der Waals surface area contributed by atoms with E-state index >= 15 is 0 Å². The van der Waals surface area contributed by atoms with Crippen molar-refractivity contribution in [3.8, 4) is 0 Å². The van der Waals surface area contributed by atoms with Crippen molar-refractivity contribution in [3.05, 3.63) is 12.2 Å². The number of hydrogen-bond donors (Lipinski definition) is 0. The van der Waals surface area contributed by atoms with Crippen molar-refractivity contribution in [1.82, 2.24) is 0 Å². The Morgan fingerprint density at radius 1 is 0.952 bits per heavy atom. The summed E-state index contributed by atoms with van der Waals surface area (Å²) in [7, 11) is 0. The zero-order valence-corrected chi connectivity index (χ0v) is 10.5. The van der Waals surface area contributed by atoms with Crippen LogP contribution in [0.3, 0.4) is 0 Å². The molecule has 0 amide bonds. The Hall–Kier alpha value is -1.42. The molecule has 0 spiro atoms. The molecular formula is C10H9F9O2. The van der Waals surface area contributed by atoms with Gasteiger partial charge in [-0.2, -0.15) is 39.5 Å². The van der Waals surface area contributed by atoms with E-state index in [1.807, 2.05) is 0 Å². The van der Waals surface area contributed by atoms with E-state index in [1.54, 1.807) is 0 Å². The molecule has 0 aromatic carbocycles. The molecule has 0 aliphatic rings. The van der Waals surface area contributed by atoms with Crippen molar-refractivity contribution in [2.24, 2.45) is 0 Å². The quantitative estimate of drug-likeness (QED) is 0.433. The number of halogens is 9. The number of esters is 1. The Morgan fingerprint density at radius 2 is 1.33 bits per heavy atom. The van der Waals surface area contributed by atoms with Gasteiger partial charge in [0.15, 0.2) is 6.10 Å². The summed E-state index contributed by atoms with van der Waals surface area (Å²) in [5, 5.41) is 0. The predicted octanol–water partition coefficient (Wildman–Crippen LogP) is 3.96. The number of ether oxygens (including phenoxy) is 1. The van der Waals surface area contributed by atoms with Crippen LogP contribution in [0.15, 0.2) is 12.2 Å². The number of hydrogen-bond acceptors (Lipinski definition) is 2. The van der Waals surface area contributed by atoms with Gasteiger partial charge in [0.2, 0.25) is 0 Å². The number of carbonyl (C=O) groups excluding carboxylic acids is 1. The molecule has 0 heterocycles. The molecule has 0 fully saturated rings. The third-order valence-electron chi connectivity index (χ3n) is 2.31. The summed E-state index contributed by atoms with van der Waals surface area (Å²) in [6.45, 7) is 3.89. The average Bonchev–Trinajstić information content (AvgIpc) is 2.26. The maximum Gasteiger partial charge on any atom is 0.460 e. The van der Waals surface area contributed by atoms with Crippen LogP contribution in [0.4, 0.5) is 39.5 Å². The number of rotatable bonds is 5. The van der Waals surface area contributed by atoms with Gasteiger partial charge in [-0.3, -0.25) is 0 Å². The lowest BCUT2D eigenvalue weighted by Crippen LogP contribution is -2.64. The van der Waals surface area contributed by atoms with Crippen LogP contribution in [-0.2, 0) is 9.53 Å². The molecule has 11 heteroatoms. The van der Waals surface area contributed by atoms with Gasteiger partial charge in [0.05, 0.1) is 0 Å². The van der Waals surface area contributed by atoms with E-state index in [4.69, 9.17) is 0 Å². The summed E-state index contributed by atoms with van der Waals surface area (Å²) >= 11 is 0. The molecule has 0 bridgehead atoms. The lowest BCUT2D eigenvalue weighted by atomic mass is 10.00. The first-order chi connectivity index (χ1) is 9.00. The summed E-state index contributed by atoms with van der Waals surface area (Å²) in [6, 6.07) is 0. The topological polar surface area (TPSA) is 26.3 Å². The SMILES string of the molecule is C=C(C)C(=O)OC(C)C(F)(F)C(F)(F)C(F)(F)C(F)(F)F. The summed E-state index contributed by atoms with van der Waals surface area (Å²) in [5.74, 6) is -21.5. The largest absolute Gasteiger partial charge is 0.460 e. The van der Waals surface area contributed by atoms with Gasteiger partial charge < -0.3 is 4.74 Å². The van der Waals surface area contributed by atoms with Crippen LogP contribution >= 0.6 is 0 Å². The van der Waals surface area contributed by atoms with E-state index in [-0.39, 0.29) is 6.92 Å². The lowest BCUT2D eigenvalue weighted by molar-refractivity contribution is -0.404. The molecule has 0 N–H and O–H groups in total. The Kier molecular flexibility index (Phi) is 5.04. The van der Waals surface area contributed by atoms with Gasteiger partial charge in [0, 0.05) is 5.57 Å². The van der Waals surface area contributed by atoms with Gasteiger partial charge in [0.25, 0.3) is 0 Å². The molecule has 1 atom stereocenters. The summed E-state index contributed by atoms with van der Waals surface area (Å²) in [4.78, 5) is 10.9. The number of alkyl halides is 9. The van der Waals surface area contributed by atoms with Crippen molar-refractivity contribution >= 4 is 5.97 Å². The third kappa shape index (κ3) is 3.26. The molecular weight excluding hydrogens is 323 g/mol. The van der Waals surface area contributed by atoms with Crippen molar-refractivity contribution in [3.63, 3.8) is 0 Å². The van der Waals surface area contributed by atoms with Crippen molar-refractivity contribution in [2.45, 2.75) is 43.9 Å². The van der Waals surface area contributed by atoms with Gasteiger partial charge in [0.1, 0.15) is 0 Å². The summed E-state index contributed by atoms with van der Waals surface area (Å²) < 4.78 is 117. The number of carbonyl (C=O) groups is 1. The van der Waals surface area contributed by atoms with Crippen LogP contribution in [0.25, 0.3) is 0 Å². The highest BCUT2D eigenvalue weighted by atomic mass is 19.4. The fraction of sp³-hybridized carbons (Fsp3) is 0.700. The highest BCUT2D eigenvalue weighted by molar-refractivity contribution is 5.87. The monoisotopic (exact) mass is 332 g/mol. The minimum atomic E-state index is -7.02. The van der Waals surface area contributed by atoms with Crippen LogP contribution in [0, 0.1) is 0 Å². The first kappa shape index (κ1) is 19.6. The van der Waals surface area contributed by atoms with E-state index in [2.05, 4.69) is 11.3 Å². The summed E-state index contributed by atoms with van der Waals surface area (Å²) in [6.07, 6.45) is -10.2. The maximum atomic E-state index is 13.2. The van der Waals surface area contributed by atoms with E-state index < -0.39 is 41.6 Å². The Morgan fingerprint density at radius 3 is 1.62 bits per heavy atom. The Labute approximate surface area is 112 Å². The zero-order valence-electron chi connectivity index (χ0n) is 10.5. The molecule has 0 aliphatic heterocycles. The second kappa shape index (κ2) is 5.41. The first-order valence-corrected chi connectivity index (χ1v) is 5.06. The predicted molar refractivity (Wildman–Crippen MR) is 51.3 cm³/mol. The molecule has 0 aliphatic carbocycles. The minimum absolute atomic E-state index is 0.0568. The van der Waals surface area contributed by atoms with Crippen molar-refractivity contribution < 1.29 is 49.0 Å². The zero-order chi connectivity index (χ0) is 17.4. The normalized spacial score (nSPS) is 15.6. The minimum Gasteiger partial charge on any atom is -0.453 e. The molecule has 0 rings (SSSR count). The van der Waals surface area contributed by atoms with Crippen LogP contribution in [0.2, 0.25) is 0 Å². The maximum absolute atomic E-state index is 13.2. The van der Waals surface area contributed by atoms with Crippen LogP contribution < -0.4 is 0 Å².